The Morgan fingerprint density at radius 3 is 1.86 bits per heavy atom. The molecule has 0 fully saturated rings. The Balaban J connectivity index is 1.14. The van der Waals surface area contributed by atoms with Crippen molar-refractivity contribution >= 4 is 65.8 Å². The van der Waals surface area contributed by atoms with Crippen LogP contribution in [-0.2, 0) is 0 Å². The maximum Gasteiger partial charge on any atom is 0.180 e. The number of fused-ring (bicyclic) bond motifs is 9. The first-order valence-corrected chi connectivity index (χ1v) is 17.1. The van der Waals surface area contributed by atoms with Crippen molar-refractivity contribution in [2.24, 2.45) is 0 Å². The summed E-state index contributed by atoms with van der Waals surface area (Å²) in [7, 11) is 0. The molecular weight excluding hydrogens is 627 g/mol. The second kappa shape index (κ2) is 10.8. The maximum atomic E-state index is 6.54. The molecule has 0 aliphatic rings. The third-order valence-corrected chi connectivity index (χ3v) is 10.0. The minimum Gasteiger partial charge on any atom is -0.456 e. The molecule has 5 heteroatoms. The lowest BCUT2D eigenvalue weighted by molar-refractivity contribution is 0.667. The van der Waals surface area contributed by atoms with Gasteiger partial charge in [-0.1, -0.05) is 115 Å². The molecule has 0 aliphatic carbocycles. The molecule has 51 heavy (non-hydrogen) atoms. The first-order valence-electron chi connectivity index (χ1n) is 17.1. The van der Waals surface area contributed by atoms with Crippen molar-refractivity contribution in [2.75, 3.05) is 0 Å². The van der Waals surface area contributed by atoms with Crippen LogP contribution < -0.4 is 0 Å². The van der Waals surface area contributed by atoms with Crippen LogP contribution in [0.4, 0.5) is 0 Å². The number of aromatic nitrogens is 3. The van der Waals surface area contributed by atoms with Crippen LogP contribution in [0.2, 0.25) is 0 Å². The topological polar surface area (TPSA) is 57.0 Å². The number of hydrogen-bond acceptors (Lipinski definition) is 4. The highest BCUT2D eigenvalue weighted by atomic mass is 16.3. The molecule has 4 heterocycles. The number of furan rings is 2. The molecule has 238 valence electrons. The molecule has 5 nitrogen and oxygen atoms in total. The number of benzene rings is 7. The summed E-state index contributed by atoms with van der Waals surface area (Å²) in [5, 5.41) is 5.56. The van der Waals surface area contributed by atoms with Crippen molar-refractivity contribution < 1.29 is 8.83 Å². The largest absolute Gasteiger partial charge is 0.456 e. The Hall–Kier alpha value is -6.98. The van der Waals surface area contributed by atoms with Gasteiger partial charge in [0.15, 0.2) is 11.4 Å². The Morgan fingerprint density at radius 2 is 1.10 bits per heavy atom. The number of rotatable bonds is 4. The lowest BCUT2D eigenvalue weighted by atomic mass is 9.98. The van der Waals surface area contributed by atoms with Crippen molar-refractivity contribution in [2.45, 2.75) is 0 Å². The molecule has 0 bridgehead atoms. The number of nitrogens with zero attached hydrogens (tertiary/aromatic N) is 3. The van der Waals surface area contributed by atoms with Gasteiger partial charge in [-0.2, -0.15) is 0 Å². The molecule has 0 saturated heterocycles. The van der Waals surface area contributed by atoms with E-state index in [1.54, 1.807) is 0 Å². The standard InChI is InChI=1S/C46H27N3O2/c1-3-12-28(13-4-1)43-45-44(48-46(47-43)29-14-5-2-6-15-29)36-26-30(22-24-40(36)51-45)32-18-11-21-41-42(32)35-27-31(23-25-39(35)50-41)49-37-19-9-7-16-33(37)34-17-8-10-20-38(34)49/h1-27H. The highest BCUT2D eigenvalue weighted by Crippen LogP contribution is 2.42. The first-order chi connectivity index (χ1) is 25.3. The highest BCUT2D eigenvalue weighted by molar-refractivity contribution is 6.15. The molecule has 0 atom stereocenters. The summed E-state index contributed by atoms with van der Waals surface area (Å²) in [6, 6.07) is 56.7. The summed E-state index contributed by atoms with van der Waals surface area (Å²) in [5.41, 5.74) is 12.2. The summed E-state index contributed by atoms with van der Waals surface area (Å²) in [6.45, 7) is 0. The molecule has 11 rings (SSSR count). The molecule has 11 aromatic rings. The molecular formula is C46H27N3O2. The van der Waals surface area contributed by atoms with Crippen LogP contribution in [0.15, 0.2) is 173 Å². The van der Waals surface area contributed by atoms with Crippen LogP contribution >= 0.6 is 0 Å². The van der Waals surface area contributed by atoms with Gasteiger partial charge in [0, 0.05) is 43.7 Å². The molecule has 0 amide bonds. The van der Waals surface area contributed by atoms with E-state index >= 15 is 0 Å². The summed E-state index contributed by atoms with van der Waals surface area (Å²) >= 11 is 0. The highest BCUT2D eigenvalue weighted by Gasteiger charge is 2.20. The molecule has 0 N–H and O–H groups in total. The maximum absolute atomic E-state index is 6.54. The van der Waals surface area contributed by atoms with E-state index in [1.807, 2.05) is 54.6 Å². The van der Waals surface area contributed by atoms with Gasteiger partial charge in [-0.05, 0) is 59.7 Å². The fraction of sp³-hybridized carbons (Fsp3) is 0. The monoisotopic (exact) mass is 653 g/mol. The molecule has 0 aliphatic heterocycles. The van der Waals surface area contributed by atoms with E-state index in [0.717, 1.165) is 72.1 Å². The van der Waals surface area contributed by atoms with Crippen LogP contribution in [0.1, 0.15) is 0 Å². The Morgan fingerprint density at radius 1 is 0.431 bits per heavy atom. The van der Waals surface area contributed by atoms with E-state index < -0.39 is 0 Å². The predicted molar refractivity (Wildman–Crippen MR) is 207 cm³/mol. The average Bonchev–Trinajstić information content (AvgIpc) is 3.87. The molecule has 0 radical (unpaired) electrons. The quantitative estimate of drug-likeness (QED) is 0.190. The second-order valence-corrected chi connectivity index (χ2v) is 12.9. The summed E-state index contributed by atoms with van der Waals surface area (Å²) in [6.07, 6.45) is 0. The zero-order valence-electron chi connectivity index (χ0n) is 27.2. The summed E-state index contributed by atoms with van der Waals surface area (Å²) in [4.78, 5) is 10.2. The minimum absolute atomic E-state index is 0.663. The minimum atomic E-state index is 0.663. The summed E-state index contributed by atoms with van der Waals surface area (Å²) in [5.74, 6) is 0.663. The van der Waals surface area contributed by atoms with Gasteiger partial charge in [0.1, 0.15) is 28.0 Å². The SMILES string of the molecule is c1ccc(-c2nc(-c3ccccc3)c3oc4ccc(-c5cccc6oc7ccc(-n8c9ccccc9c9ccccc98)cc7c56)cc4c3n2)cc1. The van der Waals surface area contributed by atoms with E-state index in [9.17, 15) is 0 Å². The summed E-state index contributed by atoms with van der Waals surface area (Å²) < 4.78 is 15.4. The van der Waals surface area contributed by atoms with Crippen molar-refractivity contribution in [3.05, 3.63) is 164 Å². The van der Waals surface area contributed by atoms with Gasteiger partial charge in [0.05, 0.1) is 11.0 Å². The molecule has 7 aromatic carbocycles. The van der Waals surface area contributed by atoms with Crippen LogP contribution in [0, 0.1) is 0 Å². The number of para-hydroxylation sites is 2. The average molecular weight is 654 g/mol. The predicted octanol–water partition coefficient (Wildman–Crippen LogP) is 12.4. The van der Waals surface area contributed by atoms with Gasteiger partial charge < -0.3 is 13.4 Å². The normalized spacial score (nSPS) is 11.9. The number of hydrogen-bond donors (Lipinski definition) is 0. The third kappa shape index (κ3) is 4.22. The van der Waals surface area contributed by atoms with Gasteiger partial charge in [0.2, 0.25) is 0 Å². The zero-order chi connectivity index (χ0) is 33.5. The third-order valence-electron chi connectivity index (χ3n) is 10.0. The van der Waals surface area contributed by atoms with Crippen molar-refractivity contribution in [1.29, 1.82) is 0 Å². The molecule has 0 saturated carbocycles. The molecule has 4 aromatic heterocycles. The van der Waals surface area contributed by atoms with Gasteiger partial charge >= 0.3 is 0 Å². The van der Waals surface area contributed by atoms with Crippen LogP contribution in [0.25, 0.3) is 105 Å². The van der Waals surface area contributed by atoms with Gasteiger partial charge in [-0.25, -0.2) is 9.97 Å². The zero-order valence-corrected chi connectivity index (χ0v) is 27.2. The Bertz CT molecular complexity index is 3080. The second-order valence-electron chi connectivity index (χ2n) is 12.9. The molecule has 0 spiro atoms. The van der Waals surface area contributed by atoms with Crippen LogP contribution in [0.3, 0.4) is 0 Å². The van der Waals surface area contributed by atoms with E-state index in [2.05, 4.69) is 114 Å². The fourth-order valence-electron chi connectivity index (χ4n) is 7.71. The van der Waals surface area contributed by atoms with Crippen molar-refractivity contribution in [1.82, 2.24) is 14.5 Å². The van der Waals surface area contributed by atoms with Gasteiger partial charge in [-0.15, -0.1) is 0 Å². The molecule has 0 unspecified atom stereocenters. The Labute approximate surface area is 291 Å². The smallest absolute Gasteiger partial charge is 0.180 e. The van der Waals surface area contributed by atoms with E-state index in [1.165, 1.54) is 21.8 Å². The van der Waals surface area contributed by atoms with Gasteiger partial charge in [-0.3, -0.25) is 0 Å². The lowest BCUT2D eigenvalue weighted by Gasteiger charge is -2.09. The van der Waals surface area contributed by atoms with Crippen LogP contribution in [0.5, 0.6) is 0 Å². The fourth-order valence-corrected chi connectivity index (χ4v) is 7.71. The van der Waals surface area contributed by atoms with Crippen molar-refractivity contribution in [3.8, 4) is 39.5 Å². The van der Waals surface area contributed by atoms with Crippen molar-refractivity contribution in [3.63, 3.8) is 0 Å². The van der Waals surface area contributed by atoms with E-state index in [0.29, 0.717) is 11.4 Å². The van der Waals surface area contributed by atoms with E-state index in [4.69, 9.17) is 18.8 Å². The lowest BCUT2D eigenvalue weighted by Crippen LogP contribution is -1.93. The van der Waals surface area contributed by atoms with E-state index in [-0.39, 0.29) is 0 Å². The first kappa shape index (κ1) is 27.9. The van der Waals surface area contributed by atoms with Crippen LogP contribution in [-0.4, -0.2) is 14.5 Å². The van der Waals surface area contributed by atoms with Gasteiger partial charge in [0.25, 0.3) is 0 Å². The Kier molecular flexibility index (Phi) is 5.89.